The Hall–Kier alpha value is -3.26. The van der Waals surface area contributed by atoms with E-state index < -0.39 is 17.5 Å². The summed E-state index contributed by atoms with van der Waals surface area (Å²) in [6, 6.07) is 11.4. The van der Waals surface area contributed by atoms with Crippen molar-refractivity contribution in [1.82, 2.24) is 15.1 Å². The number of nitrogens with one attached hydrogen (secondary N) is 1. The third-order valence-corrected chi connectivity index (χ3v) is 5.80. The lowest BCUT2D eigenvalue weighted by molar-refractivity contribution is -0.139. The Bertz CT molecular complexity index is 1030. The average molecular weight is 460 g/mol. The minimum absolute atomic E-state index is 0.299. The number of ether oxygens (including phenoxy) is 2. The lowest BCUT2D eigenvalue weighted by atomic mass is 9.92. The van der Waals surface area contributed by atoms with Crippen LogP contribution < -0.4 is 14.8 Å². The van der Waals surface area contributed by atoms with E-state index in [2.05, 4.69) is 5.32 Å². The zero-order valence-corrected chi connectivity index (χ0v) is 19.2. The van der Waals surface area contributed by atoms with Gasteiger partial charge in [-0.05, 0) is 49.2 Å². The van der Waals surface area contributed by atoms with Crippen LogP contribution >= 0.6 is 11.6 Å². The Morgan fingerprint density at radius 3 is 2.34 bits per heavy atom. The Labute approximate surface area is 192 Å². The van der Waals surface area contributed by atoms with Crippen LogP contribution in [0, 0.1) is 0 Å². The van der Waals surface area contributed by atoms with E-state index in [0.29, 0.717) is 35.2 Å². The summed E-state index contributed by atoms with van der Waals surface area (Å²) in [7, 11) is 3.09. The smallest absolute Gasteiger partial charge is 0.325 e. The molecule has 0 saturated carbocycles. The first kappa shape index (κ1) is 23.4. The molecule has 4 amide bonds. The zero-order chi connectivity index (χ0) is 23.5. The van der Waals surface area contributed by atoms with Crippen LogP contribution in [0.1, 0.15) is 25.0 Å². The van der Waals surface area contributed by atoms with Crippen molar-refractivity contribution in [1.29, 1.82) is 0 Å². The van der Waals surface area contributed by atoms with Gasteiger partial charge < -0.3 is 19.7 Å². The zero-order valence-electron chi connectivity index (χ0n) is 18.5. The van der Waals surface area contributed by atoms with Crippen molar-refractivity contribution in [3.8, 4) is 11.5 Å². The normalized spacial score (nSPS) is 17.8. The van der Waals surface area contributed by atoms with Crippen molar-refractivity contribution >= 4 is 29.4 Å². The third-order valence-electron chi connectivity index (χ3n) is 5.55. The third kappa shape index (κ3) is 4.50. The highest BCUT2D eigenvalue weighted by Crippen LogP contribution is 2.30. The molecule has 1 aliphatic heterocycles. The van der Waals surface area contributed by atoms with Crippen LogP contribution in [-0.4, -0.2) is 55.0 Å². The van der Waals surface area contributed by atoms with E-state index in [-0.39, 0.29) is 12.5 Å². The molecule has 0 bridgehead atoms. The molecule has 0 radical (unpaired) electrons. The first-order chi connectivity index (χ1) is 15.2. The molecule has 8 nitrogen and oxygen atoms in total. The van der Waals surface area contributed by atoms with Crippen LogP contribution in [0.15, 0.2) is 42.5 Å². The number of methoxy groups -OCH3 is 2. The summed E-state index contributed by atoms with van der Waals surface area (Å²) in [5.41, 5.74) is 0.163. The highest BCUT2D eigenvalue weighted by Gasteiger charge is 2.49. The highest BCUT2D eigenvalue weighted by atomic mass is 35.5. The Morgan fingerprint density at radius 1 is 1.09 bits per heavy atom. The summed E-state index contributed by atoms with van der Waals surface area (Å²) in [4.78, 5) is 41.2. The predicted molar refractivity (Wildman–Crippen MR) is 120 cm³/mol. The van der Waals surface area contributed by atoms with Gasteiger partial charge >= 0.3 is 6.03 Å². The van der Waals surface area contributed by atoms with Gasteiger partial charge in [0, 0.05) is 18.1 Å². The van der Waals surface area contributed by atoms with E-state index in [1.165, 1.54) is 0 Å². The number of benzene rings is 2. The molecule has 1 aliphatic rings. The van der Waals surface area contributed by atoms with Crippen LogP contribution in [0.25, 0.3) is 0 Å². The van der Waals surface area contributed by atoms with Crippen LogP contribution in [0.2, 0.25) is 5.02 Å². The maximum Gasteiger partial charge on any atom is 0.325 e. The van der Waals surface area contributed by atoms with Gasteiger partial charge in [0.15, 0.2) is 11.5 Å². The van der Waals surface area contributed by atoms with Gasteiger partial charge in [-0.2, -0.15) is 0 Å². The predicted octanol–water partition coefficient (Wildman–Crippen LogP) is 3.17. The van der Waals surface area contributed by atoms with E-state index in [0.717, 1.165) is 10.5 Å². The first-order valence-corrected chi connectivity index (χ1v) is 10.5. The minimum atomic E-state index is -1.26. The fourth-order valence-corrected chi connectivity index (χ4v) is 3.76. The maximum atomic E-state index is 13.1. The van der Waals surface area contributed by atoms with Gasteiger partial charge in [-0.3, -0.25) is 14.5 Å². The van der Waals surface area contributed by atoms with E-state index in [4.69, 9.17) is 21.1 Å². The minimum Gasteiger partial charge on any atom is -0.493 e. The van der Waals surface area contributed by atoms with Gasteiger partial charge in [-0.1, -0.05) is 29.8 Å². The summed E-state index contributed by atoms with van der Waals surface area (Å²) in [6.45, 7) is 3.80. The molecule has 0 aromatic heterocycles. The molecule has 3 rings (SSSR count). The summed E-state index contributed by atoms with van der Waals surface area (Å²) in [6.07, 6.45) is 0. The Balaban J connectivity index is 1.74. The standard InChI is InChI=1S/C23H26ClN3O5/c1-5-26(13-15-6-11-18(31-3)19(12-15)32-4)20(28)14-27-21(29)23(2,25-22(27)30)16-7-9-17(24)10-8-16/h6-12H,5,13-14H2,1-4H3,(H,25,30). The van der Waals surface area contributed by atoms with E-state index in [1.54, 1.807) is 62.4 Å². The molecule has 1 fully saturated rings. The monoisotopic (exact) mass is 459 g/mol. The average Bonchev–Trinajstić information content (AvgIpc) is 3.01. The first-order valence-electron chi connectivity index (χ1n) is 10.1. The molecule has 1 atom stereocenters. The molecule has 1 unspecified atom stereocenters. The van der Waals surface area contributed by atoms with E-state index in [9.17, 15) is 14.4 Å². The van der Waals surface area contributed by atoms with Gasteiger partial charge in [0.05, 0.1) is 14.2 Å². The summed E-state index contributed by atoms with van der Waals surface area (Å²) >= 11 is 5.93. The maximum absolute atomic E-state index is 13.1. The SMILES string of the molecule is CCN(Cc1ccc(OC)c(OC)c1)C(=O)CN1C(=O)NC(C)(c2ccc(Cl)cc2)C1=O. The number of rotatable bonds is 8. The van der Waals surface area contributed by atoms with Crippen molar-refractivity contribution in [3.05, 3.63) is 58.6 Å². The molecule has 170 valence electrons. The number of urea groups is 1. The number of imide groups is 1. The van der Waals surface area contributed by atoms with Crippen LogP contribution in [0.4, 0.5) is 4.79 Å². The van der Waals surface area contributed by atoms with Gasteiger partial charge in [0.2, 0.25) is 5.91 Å². The summed E-state index contributed by atoms with van der Waals surface area (Å²) in [5, 5.41) is 3.22. The van der Waals surface area contributed by atoms with Gasteiger partial charge in [-0.15, -0.1) is 0 Å². The number of carbonyl (C=O) groups is 3. The molecule has 32 heavy (non-hydrogen) atoms. The molecule has 9 heteroatoms. The van der Waals surface area contributed by atoms with Crippen LogP contribution in [-0.2, 0) is 21.7 Å². The van der Waals surface area contributed by atoms with Crippen molar-refractivity contribution in [3.63, 3.8) is 0 Å². The van der Waals surface area contributed by atoms with Gasteiger partial charge in [-0.25, -0.2) is 4.79 Å². The number of amides is 4. The van der Waals surface area contributed by atoms with Crippen LogP contribution in [0.3, 0.4) is 0 Å². The molecule has 1 heterocycles. The van der Waals surface area contributed by atoms with Crippen molar-refractivity contribution in [2.45, 2.75) is 25.9 Å². The van der Waals surface area contributed by atoms with Gasteiger partial charge in [0.1, 0.15) is 12.1 Å². The lowest BCUT2D eigenvalue weighted by Gasteiger charge is -2.25. The molecule has 0 aliphatic carbocycles. The molecule has 1 saturated heterocycles. The van der Waals surface area contributed by atoms with Gasteiger partial charge in [0.25, 0.3) is 5.91 Å². The fourth-order valence-electron chi connectivity index (χ4n) is 3.63. The second-order valence-electron chi connectivity index (χ2n) is 7.55. The largest absolute Gasteiger partial charge is 0.493 e. The topological polar surface area (TPSA) is 88.2 Å². The quantitative estimate of drug-likeness (QED) is 0.612. The Kier molecular flexibility index (Phi) is 6.93. The number of likely N-dealkylation sites (N-methyl/N-ethyl adjacent to an activating group) is 1. The number of hydrogen-bond acceptors (Lipinski definition) is 5. The lowest BCUT2D eigenvalue weighted by Crippen LogP contribution is -2.44. The van der Waals surface area contributed by atoms with Crippen molar-refractivity contribution in [2.75, 3.05) is 27.3 Å². The number of hydrogen-bond donors (Lipinski definition) is 1. The van der Waals surface area contributed by atoms with Crippen molar-refractivity contribution in [2.24, 2.45) is 0 Å². The molecular formula is C23H26ClN3O5. The Morgan fingerprint density at radius 2 is 1.75 bits per heavy atom. The number of halogens is 1. The summed E-state index contributed by atoms with van der Waals surface area (Å²) < 4.78 is 10.6. The highest BCUT2D eigenvalue weighted by molar-refractivity contribution is 6.30. The van der Waals surface area contributed by atoms with Crippen molar-refractivity contribution < 1.29 is 23.9 Å². The second-order valence-corrected chi connectivity index (χ2v) is 7.99. The molecule has 1 N–H and O–H groups in total. The second kappa shape index (κ2) is 9.48. The van der Waals surface area contributed by atoms with E-state index in [1.807, 2.05) is 13.0 Å². The number of carbonyl (C=O) groups excluding carboxylic acids is 3. The molecule has 0 spiro atoms. The van der Waals surface area contributed by atoms with Crippen LogP contribution in [0.5, 0.6) is 11.5 Å². The fraction of sp³-hybridized carbons (Fsp3) is 0.348. The molecule has 2 aromatic rings. The molecular weight excluding hydrogens is 434 g/mol. The number of nitrogens with zero attached hydrogens (tertiary/aromatic N) is 2. The van der Waals surface area contributed by atoms with E-state index >= 15 is 0 Å². The molecule has 2 aromatic carbocycles. The summed E-state index contributed by atoms with van der Waals surface area (Å²) in [5.74, 6) is 0.319.